The van der Waals surface area contributed by atoms with E-state index in [-0.39, 0.29) is 23.3 Å². The summed E-state index contributed by atoms with van der Waals surface area (Å²) in [6.45, 7) is 6.60. The molecule has 2 fully saturated rings. The van der Waals surface area contributed by atoms with Gasteiger partial charge in [-0.25, -0.2) is 4.39 Å². The van der Waals surface area contributed by atoms with Crippen LogP contribution in [0.2, 0.25) is 0 Å². The lowest BCUT2D eigenvalue weighted by Gasteiger charge is -2.44. The standard InChI is InChI=1S/C28H33FN8O3/c1-17(2)23(30-25(38)21-15-18(3)5-10-22(21)29)26(39)36-13-11-28(12-14-36)27(40)35(4)16-37(28)20-8-6-19(7-9-20)24-31-33-34-32-24/h5-10,15,17,23H,11-14,16H2,1-4H3,(H,30,38)(H,31,32,33,34)/t23-/m1/s1. The van der Waals surface area contributed by atoms with Gasteiger partial charge in [0, 0.05) is 31.4 Å². The number of hydrogen-bond acceptors (Lipinski definition) is 7. The Morgan fingerprint density at radius 2 is 1.80 bits per heavy atom. The molecule has 1 aromatic heterocycles. The number of H-pyrrole nitrogens is 1. The topological polar surface area (TPSA) is 127 Å². The number of benzene rings is 2. The fourth-order valence-corrected chi connectivity index (χ4v) is 5.61. The number of nitrogens with one attached hydrogen (secondary N) is 2. The second kappa shape index (κ2) is 10.7. The first-order valence-corrected chi connectivity index (χ1v) is 13.3. The second-order valence-corrected chi connectivity index (χ2v) is 10.9. The number of carbonyl (C=O) groups is 3. The van der Waals surface area contributed by atoms with E-state index in [0.29, 0.717) is 38.4 Å². The highest BCUT2D eigenvalue weighted by Crippen LogP contribution is 2.39. The molecule has 0 aliphatic carbocycles. The highest BCUT2D eigenvalue weighted by atomic mass is 19.1. The van der Waals surface area contributed by atoms with Crippen molar-refractivity contribution in [1.29, 1.82) is 0 Å². The first-order valence-electron chi connectivity index (χ1n) is 13.3. The number of nitrogens with zero attached hydrogens (tertiary/aromatic N) is 6. The van der Waals surface area contributed by atoms with Gasteiger partial charge in [0.25, 0.3) is 5.91 Å². The zero-order valence-corrected chi connectivity index (χ0v) is 23.0. The van der Waals surface area contributed by atoms with Gasteiger partial charge in [-0.15, -0.1) is 10.2 Å². The molecule has 3 amide bonds. The van der Waals surface area contributed by atoms with Crippen LogP contribution in [0.1, 0.15) is 42.6 Å². The van der Waals surface area contributed by atoms with Crippen LogP contribution in [0, 0.1) is 18.7 Å². The minimum absolute atomic E-state index is 0.0190. The third kappa shape index (κ3) is 4.89. The summed E-state index contributed by atoms with van der Waals surface area (Å²) in [6, 6.07) is 11.2. The molecule has 210 valence electrons. The maximum absolute atomic E-state index is 14.3. The predicted molar refractivity (Wildman–Crippen MR) is 146 cm³/mol. The Hall–Kier alpha value is -4.35. The molecule has 12 heteroatoms. The van der Waals surface area contributed by atoms with E-state index in [1.807, 2.05) is 38.1 Å². The van der Waals surface area contributed by atoms with Gasteiger partial charge in [0.1, 0.15) is 17.4 Å². The smallest absolute Gasteiger partial charge is 0.254 e. The number of halogens is 1. The van der Waals surface area contributed by atoms with Gasteiger partial charge >= 0.3 is 0 Å². The molecule has 0 saturated carbocycles. The van der Waals surface area contributed by atoms with Crippen LogP contribution in [0.5, 0.6) is 0 Å². The first-order chi connectivity index (χ1) is 19.1. The Labute approximate surface area is 231 Å². The quantitative estimate of drug-likeness (QED) is 0.484. The van der Waals surface area contributed by atoms with Crippen LogP contribution in [0.25, 0.3) is 11.4 Å². The summed E-state index contributed by atoms with van der Waals surface area (Å²) in [4.78, 5) is 45.5. The average molecular weight is 549 g/mol. The largest absolute Gasteiger partial charge is 0.341 e. The van der Waals surface area contributed by atoms with Gasteiger partial charge in [-0.3, -0.25) is 14.4 Å². The molecule has 0 unspecified atom stereocenters. The van der Waals surface area contributed by atoms with Crippen molar-refractivity contribution in [1.82, 2.24) is 35.7 Å². The Kier molecular flexibility index (Phi) is 7.26. The van der Waals surface area contributed by atoms with Crippen molar-refractivity contribution in [3.63, 3.8) is 0 Å². The van der Waals surface area contributed by atoms with Gasteiger partial charge in [-0.05, 0) is 67.3 Å². The van der Waals surface area contributed by atoms with E-state index in [9.17, 15) is 18.8 Å². The van der Waals surface area contributed by atoms with Crippen molar-refractivity contribution in [3.8, 4) is 11.4 Å². The zero-order chi connectivity index (χ0) is 28.6. The highest BCUT2D eigenvalue weighted by Gasteiger charge is 2.53. The summed E-state index contributed by atoms with van der Waals surface area (Å²) in [7, 11) is 1.78. The van der Waals surface area contributed by atoms with Crippen molar-refractivity contribution < 1.29 is 18.8 Å². The van der Waals surface area contributed by atoms with Crippen molar-refractivity contribution in [2.24, 2.45) is 5.92 Å². The Balaban J connectivity index is 1.31. The number of piperidine rings is 1. The second-order valence-electron chi connectivity index (χ2n) is 10.9. The summed E-state index contributed by atoms with van der Waals surface area (Å²) in [5.74, 6) is -1.20. The SMILES string of the molecule is Cc1ccc(F)c(C(=O)N[C@@H](C(=O)N2CCC3(CC2)C(=O)N(C)CN3c2ccc(-c3nn[nH]n3)cc2)C(C)C)c1. The van der Waals surface area contributed by atoms with Crippen molar-refractivity contribution in [3.05, 3.63) is 59.4 Å². The van der Waals surface area contributed by atoms with Crippen LogP contribution in [0.3, 0.4) is 0 Å². The number of likely N-dealkylation sites (tertiary alicyclic amines) is 1. The number of amides is 3. The van der Waals surface area contributed by atoms with Gasteiger partial charge in [0.15, 0.2) is 0 Å². The molecule has 2 N–H and O–H groups in total. The summed E-state index contributed by atoms with van der Waals surface area (Å²) < 4.78 is 14.3. The third-order valence-electron chi connectivity index (χ3n) is 7.89. The zero-order valence-electron chi connectivity index (χ0n) is 23.0. The molecule has 0 bridgehead atoms. The van der Waals surface area contributed by atoms with Gasteiger partial charge in [-0.1, -0.05) is 25.5 Å². The van der Waals surface area contributed by atoms with Gasteiger partial charge in [0.2, 0.25) is 17.6 Å². The normalized spacial score (nSPS) is 17.6. The monoisotopic (exact) mass is 548 g/mol. The van der Waals surface area contributed by atoms with Crippen LogP contribution in [0.4, 0.5) is 10.1 Å². The molecule has 0 radical (unpaired) electrons. The van der Waals surface area contributed by atoms with Crippen LogP contribution in [-0.4, -0.2) is 86.5 Å². The molecule has 1 spiro atoms. The van der Waals surface area contributed by atoms with Crippen LogP contribution < -0.4 is 10.2 Å². The Bertz CT molecular complexity index is 1400. The van der Waals surface area contributed by atoms with Crippen LogP contribution >= 0.6 is 0 Å². The number of likely N-dealkylation sites (N-methyl/N-ethyl adjacent to an activating group) is 1. The van der Waals surface area contributed by atoms with E-state index in [1.165, 1.54) is 12.1 Å². The lowest BCUT2D eigenvalue weighted by atomic mass is 9.85. The number of carbonyl (C=O) groups excluding carboxylic acids is 3. The Morgan fingerprint density at radius 1 is 1.10 bits per heavy atom. The molecule has 1 atom stereocenters. The molecule has 40 heavy (non-hydrogen) atoms. The fraction of sp³-hybridized carbons (Fsp3) is 0.429. The van der Waals surface area contributed by atoms with E-state index in [2.05, 4.69) is 30.8 Å². The molecular formula is C28H33FN8O3. The number of anilines is 1. The summed E-state index contributed by atoms with van der Waals surface area (Å²) in [5, 5.41) is 16.8. The van der Waals surface area contributed by atoms with Gasteiger partial charge < -0.3 is 20.0 Å². The molecule has 2 aromatic carbocycles. The highest BCUT2D eigenvalue weighted by molar-refractivity contribution is 5.98. The average Bonchev–Trinajstić information content (AvgIpc) is 3.57. The van der Waals surface area contributed by atoms with E-state index in [0.717, 1.165) is 16.8 Å². The molecule has 2 aliphatic heterocycles. The lowest BCUT2D eigenvalue weighted by Crippen LogP contribution is -2.60. The summed E-state index contributed by atoms with van der Waals surface area (Å²) in [5.41, 5.74) is 1.58. The first kappa shape index (κ1) is 27.2. The van der Waals surface area contributed by atoms with Gasteiger partial charge in [-0.2, -0.15) is 5.21 Å². The molecule has 11 nitrogen and oxygen atoms in total. The van der Waals surface area contributed by atoms with Crippen LogP contribution in [0.15, 0.2) is 42.5 Å². The molecule has 2 aliphatic rings. The summed E-state index contributed by atoms with van der Waals surface area (Å²) >= 11 is 0. The van der Waals surface area contributed by atoms with Crippen molar-refractivity contribution in [2.75, 3.05) is 31.7 Å². The fourth-order valence-electron chi connectivity index (χ4n) is 5.61. The van der Waals surface area contributed by atoms with E-state index < -0.39 is 23.3 Å². The molecular weight excluding hydrogens is 515 g/mol. The van der Waals surface area contributed by atoms with Crippen molar-refractivity contribution >= 4 is 23.4 Å². The number of aromatic amines is 1. The predicted octanol–water partition coefficient (Wildman–Crippen LogP) is 2.37. The number of rotatable bonds is 6. The third-order valence-corrected chi connectivity index (χ3v) is 7.89. The molecule has 3 heterocycles. The molecule has 3 aromatic rings. The molecule has 5 rings (SSSR count). The van der Waals surface area contributed by atoms with E-state index >= 15 is 0 Å². The van der Waals surface area contributed by atoms with E-state index in [4.69, 9.17) is 0 Å². The lowest BCUT2D eigenvalue weighted by molar-refractivity contribution is -0.139. The summed E-state index contributed by atoms with van der Waals surface area (Å²) in [6.07, 6.45) is 0.888. The number of tetrazole rings is 1. The maximum Gasteiger partial charge on any atom is 0.254 e. The van der Waals surface area contributed by atoms with Crippen molar-refractivity contribution in [2.45, 2.75) is 45.2 Å². The van der Waals surface area contributed by atoms with E-state index in [1.54, 1.807) is 29.8 Å². The number of aromatic nitrogens is 4. The van der Waals surface area contributed by atoms with Gasteiger partial charge in [0.05, 0.1) is 12.2 Å². The Morgan fingerprint density at radius 3 is 2.42 bits per heavy atom. The number of hydrogen-bond donors (Lipinski definition) is 2. The molecule has 2 saturated heterocycles. The maximum atomic E-state index is 14.3. The number of aryl methyl sites for hydroxylation is 1. The van der Waals surface area contributed by atoms with Crippen LogP contribution in [-0.2, 0) is 9.59 Å². The minimum atomic E-state index is -0.822. The minimum Gasteiger partial charge on any atom is -0.341 e.